The highest BCUT2D eigenvalue weighted by Crippen LogP contribution is 2.33. The summed E-state index contributed by atoms with van der Waals surface area (Å²) >= 11 is 6.07. The lowest BCUT2D eigenvalue weighted by atomic mass is 10.1. The van der Waals surface area contributed by atoms with Crippen LogP contribution in [0.5, 0.6) is 0 Å². The third kappa shape index (κ3) is 3.46. The number of halogens is 1. The molecule has 7 nitrogen and oxygen atoms in total. The van der Waals surface area contributed by atoms with Gasteiger partial charge in [-0.2, -0.15) is 0 Å². The number of rotatable bonds is 3. The highest BCUT2D eigenvalue weighted by atomic mass is 35.5. The fourth-order valence-corrected chi connectivity index (χ4v) is 4.96. The Labute approximate surface area is 187 Å². The number of likely N-dealkylation sites (N-methyl/N-ethyl adjacent to an activating group) is 1. The Morgan fingerprint density at radius 2 is 1.74 bits per heavy atom. The number of aryl methyl sites for hydroxylation is 1. The number of imide groups is 1. The molecule has 5 rings (SSSR count). The highest BCUT2D eigenvalue weighted by molar-refractivity contribution is 6.30. The van der Waals surface area contributed by atoms with Gasteiger partial charge in [0, 0.05) is 30.8 Å². The number of nitrogens with zero attached hydrogens (tertiary/aromatic N) is 4. The smallest absolute Gasteiger partial charge is 0.328 e. The Morgan fingerprint density at radius 1 is 1.03 bits per heavy atom. The van der Waals surface area contributed by atoms with Gasteiger partial charge in [0.15, 0.2) is 0 Å². The standard InChI is InChI=1S/C23H26ClN5O2/c1-15-4-6-16(7-5-15)14-29-21(30)19-20(26(2)23(29)31)25-22-27(12-3-13-28(19)22)18-10-8-17(24)9-11-18/h4-11,19-20,22,25H,3,12-14H2,1-2H3. The Morgan fingerprint density at radius 3 is 2.45 bits per heavy atom. The van der Waals surface area contributed by atoms with Crippen LogP contribution in [0.3, 0.4) is 0 Å². The summed E-state index contributed by atoms with van der Waals surface area (Å²) in [7, 11) is 1.77. The molecule has 3 heterocycles. The van der Waals surface area contributed by atoms with E-state index in [4.69, 9.17) is 11.6 Å². The number of carbonyl (C=O) groups is 2. The molecule has 3 unspecified atom stereocenters. The zero-order chi connectivity index (χ0) is 21.7. The van der Waals surface area contributed by atoms with Gasteiger partial charge in [-0.1, -0.05) is 41.4 Å². The first-order valence-electron chi connectivity index (χ1n) is 10.6. The van der Waals surface area contributed by atoms with Gasteiger partial charge in [0.1, 0.15) is 18.5 Å². The second-order valence-corrected chi connectivity index (χ2v) is 8.93. The number of anilines is 1. The summed E-state index contributed by atoms with van der Waals surface area (Å²) in [5, 5.41) is 4.23. The van der Waals surface area contributed by atoms with Crippen molar-refractivity contribution in [2.45, 2.75) is 38.4 Å². The predicted molar refractivity (Wildman–Crippen MR) is 120 cm³/mol. The average Bonchev–Trinajstić information content (AvgIpc) is 3.17. The van der Waals surface area contributed by atoms with Crippen LogP contribution in [-0.4, -0.2) is 65.3 Å². The number of benzene rings is 2. The summed E-state index contributed by atoms with van der Waals surface area (Å²) in [6.07, 6.45) is 0.433. The van der Waals surface area contributed by atoms with Crippen LogP contribution in [0.1, 0.15) is 17.5 Å². The van der Waals surface area contributed by atoms with Crippen molar-refractivity contribution >= 4 is 29.2 Å². The molecule has 8 heteroatoms. The largest absolute Gasteiger partial charge is 0.343 e. The first-order valence-corrected chi connectivity index (χ1v) is 11.0. The Bertz CT molecular complexity index is 996. The Kier molecular flexibility index (Phi) is 5.12. The number of amides is 3. The summed E-state index contributed by atoms with van der Waals surface area (Å²) in [6.45, 7) is 3.97. The minimum absolute atomic E-state index is 0.137. The molecule has 0 aromatic heterocycles. The van der Waals surface area contributed by atoms with Crippen molar-refractivity contribution < 1.29 is 9.59 Å². The van der Waals surface area contributed by atoms with E-state index in [2.05, 4.69) is 15.1 Å². The van der Waals surface area contributed by atoms with Crippen molar-refractivity contribution in [2.24, 2.45) is 0 Å². The molecule has 0 saturated carbocycles. The summed E-state index contributed by atoms with van der Waals surface area (Å²) in [5.41, 5.74) is 3.14. The van der Waals surface area contributed by atoms with E-state index >= 15 is 0 Å². The SMILES string of the molecule is Cc1ccc(CN2C(=O)C3C(NC4N(c5ccc(Cl)cc5)CCCN34)N(C)C2=O)cc1. The second kappa shape index (κ2) is 7.82. The van der Waals surface area contributed by atoms with Crippen LogP contribution in [0.4, 0.5) is 10.5 Å². The molecule has 3 fully saturated rings. The molecule has 162 valence electrons. The first kappa shape index (κ1) is 20.3. The van der Waals surface area contributed by atoms with Gasteiger partial charge in [0.2, 0.25) is 0 Å². The molecular weight excluding hydrogens is 414 g/mol. The third-order valence-corrected chi connectivity index (χ3v) is 6.74. The summed E-state index contributed by atoms with van der Waals surface area (Å²) in [5.74, 6) is -0.137. The normalized spacial score (nSPS) is 26.3. The van der Waals surface area contributed by atoms with E-state index in [-0.39, 0.29) is 30.9 Å². The van der Waals surface area contributed by atoms with Crippen LogP contribution in [0.15, 0.2) is 48.5 Å². The summed E-state index contributed by atoms with van der Waals surface area (Å²) in [4.78, 5) is 34.1. The average molecular weight is 440 g/mol. The minimum Gasteiger partial charge on any atom is -0.343 e. The van der Waals surface area contributed by atoms with Crippen molar-refractivity contribution in [1.82, 2.24) is 20.0 Å². The van der Waals surface area contributed by atoms with E-state index in [1.54, 1.807) is 11.9 Å². The fraction of sp³-hybridized carbons (Fsp3) is 0.391. The van der Waals surface area contributed by atoms with Gasteiger partial charge in [0.05, 0.1) is 6.54 Å². The summed E-state index contributed by atoms with van der Waals surface area (Å²) < 4.78 is 0. The highest BCUT2D eigenvalue weighted by Gasteiger charge is 2.56. The third-order valence-electron chi connectivity index (χ3n) is 6.49. The molecule has 2 aromatic rings. The number of nitrogens with one attached hydrogen (secondary N) is 1. The molecule has 31 heavy (non-hydrogen) atoms. The van der Waals surface area contributed by atoms with Crippen LogP contribution in [0.2, 0.25) is 5.02 Å². The van der Waals surface area contributed by atoms with Crippen LogP contribution in [-0.2, 0) is 11.3 Å². The zero-order valence-corrected chi connectivity index (χ0v) is 18.4. The lowest BCUT2D eigenvalue weighted by molar-refractivity contribution is -0.139. The molecule has 2 aromatic carbocycles. The van der Waals surface area contributed by atoms with Gasteiger partial charge < -0.3 is 9.80 Å². The maximum Gasteiger partial charge on any atom is 0.328 e. The maximum atomic E-state index is 13.5. The van der Waals surface area contributed by atoms with E-state index in [1.807, 2.05) is 55.5 Å². The summed E-state index contributed by atoms with van der Waals surface area (Å²) in [6, 6.07) is 15.0. The molecule has 3 saturated heterocycles. The number of hydrogen-bond donors (Lipinski definition) is 1. The molecular formula is C23H26ClN5O2. The van der Waals surface area contributed by atoms with E-state index in [9.17, 15) is 9.59 Å². The fourth-order valence-electron chi connectivity index (χ4n) is 4.84. The van der Waals surface area contributed by atoms with E-state index in [0.717, 1.165) is 36.3 Å². The van der Waals surface area contributed by atoms with E-state index < -0.39 is 6.04 Å². The molecule has 3 aliphatic heterocycles. The topological polar surface area (TPSA) is 59.1 Å². The lowest BCUT2D eigenvalue weighted by Gasteiger charge is -2.43. The van der Waals surface area contributed by atoms with Crippen molar-refractivity contribution in [3.63, 3.8) is 0 Å². The van der Waals surface area contributed by atoms with Gasteiger partial charge in [-0.15, -0.1) is 0 Å². The van der Waals surface area contributed by atoms with Crippen molar-refractivity contribution in [3.05, 3.63) is 64.7 Å². The first-order chi connectivity index (χ1) is 14.9. The molecule has 1 N–H and O–H groups in total. The molecule has 0 radical (unpaired) electrons. The van der Waals surface area contributed by atoms with Gasteiger partial charge in [-0.3, -0.25) is 19.9 Å². The van der Waals surface area contributed by atoms with Crippen LogP contribution in [0.25, 0.3) is 0 Å². The number of carbonyl (C=O) groups excluding carboxylic acids is 2. The Hall–Kier alpha value is -2.61. The number of hydrogen-bond acceptors (Lipinski definition) is 5. The molecule has 0 bridgehead atoms. The zero-order valence-electron chi connectivity index (χ0n) is 17.7. The molecule has 3 atom stereocenters. The van der Waals surface area contributed by atoms with Crippen LogP contribution < -0.4 is 10.2 Å². The van der Waals surface area contributed by atoms with Crippen molar-refractivity contribution in [2.75, 3.05) is 25.0 Å². The van der Waals surface area contributed by atoms with Crippen molar-refractivity contribution in [3.8, 4) is 0 Å². The van der Waals surface area contributed by atoms with Crippen molar-refractivity contribution in [1.29, 1.82) is 0 Å². The predicted octanol–water partition coefficient (Wildman–Crippen LogP) is 2.84. The minimum atomic E-state index is -0.409. The van der Waals surface area contributed by atoms with Gasteiger partial charge in [0.25, 0.3) is 5.91 Å². The molecule has 0 aliphatic carbocycles. The molecule has 3 amide bonds. The quantitative estimate of drug-likeness (QED) is 0.797. The number of urea groups is 1. The van der Waals surface area contributed by atoms with E-state index in [1.165, 1.54) is 4.90 Å². The molecule has 3 aliphatic rings. The van der Waals surface area contributed by atoms with Gasteiger partial charge in [-0.05, 0) is 43.2 Å². The number of fused-ring (bicyclic) bond motifs is 3. The van der Waals surface area contributed by atoms with Crippen LogP contribution in [0, 0.1) is 6.92 Å². The lowest BCUT2D eigenvalue weighted by Crippen LogP contribution is -2.66. The van der Waals surface area contributed by atoms with Gasteiger partial charge in [-0.25, -0.2) is 4.79 Å². The van der Waals surface area contributed by atoms with Gasteiger partial charge >= 0.3 is 6.03 Å². The maximum absolute atomic E-state index is 13.5. The Balaban J connectivity index is 1.42. The second-order valence-electron chi connectivity index (χ2n) is 8.49. The van der Waals surface area contributed by atoms with Crippen LogP contribution >= 0.6 is 11.6 Å². The molecule has 0 spiro atoms. The monoisotopic (exact) mass is 439 g/mol. The van der Waals surface area contributed by atoms with E-state index in [0.29, 0.717) is 5.02 Å².